The molecular weight excluding hydrogens is 342 g/mol. The summed E-state index contributed by atoms with van der Waals surface area (Å²) in [6.45, 7) is 2.47. The van der Waals surface area contributed by atoms with Crippen LogP contribution in [0.25, 0.3) is 0 Å². The molecule has 4 heteroatoms. The minimum Gasteiger partial charge on any atom is -0.308 e. The number of carbonyl (C=O) groups is 2. The maximum Gasteiger partial charge on any atom is 0.227 e. The molecular formula is C22H21NO2S. The fourth-order valence-corrected chi connectivity index (χ4v) is 3.60. The summed E-state index contributed by atoms with van der Waals surface area (Å²) in [5.74, 6) is -0.00847. The summed E-state index contributed by atoms with van der Waals surface area (Å²) in [5.41, 5.74) is 1.91. The standard InChI is InChI=1S/C22H21NO2S/c1-17-12-14-21(26-17)20(24)13-15-22(25)23(19-10-6-3-7-11-19)16-18-8-4-2-5-9-18/h2-12,14H,13,15-16H2,1H3. The first kappa shape index (κ1) is 18.1. The zero-order chi connectivity index (χ0) is 18.4. The van der Waals surface area contributed by atoms with E-state index in [1.54, 1.807) is 4.90 Å². The Morgan fingerprint density at radius 3 is 2.12 bits per heavy atom. The molecule has 0 radical (unpaired) electrons. The van der Waals surface area contributed by atoms with Crippen LogP contribution in [0.1, 0.15) is 33.0 Å². The van der Waals surface area contributed by atoms with Crippen LogP contribution in [0.4, 0.5) is 5.69 Å². The van der Waals surface area contributed by atoms with Gasteiger partial charge < -0.3 is 4.90 Å². The Hall–Kier alpha value is -2.72. The number of rotatable bonds is 7. The van der Waals surface area contributed by atoms with Crippen LogP contribution < -0.4 is 4.90 Å². The van der Waals surface area contributed by atoms with E-state index in [0.29, 0.717) is 6.54 Å². The van der Waals surface area contributed by atoms with Crippen molar-refractivity contribution >= 4 is 28.7 Å². The van der Waals surface area contributed by atoms with E-state index < -0.39 is 0 Å². The van der Waals surface area contributed by atoms with Gasteiger partial charge in [-0.1, -0.05) is 48.5 Å². The number of anilines is 1. The highest BCUT2D eigenvalue weighted by atomic mass is 32.1. The summed E-state index contributed by atoms with van der Waals surface area (Å²) in [5, 5.41) is 0. The largest absolute Gasteiger partial charge is 0.308 e. The normalized spacial score (nSPS) is 10.5. The maximum absolute atomic E-state index is 12.9. The number of amides is 1. The lowest BCUT2D eigenvalue weighted by Crippen LogP contribution is -2.30. The number of aryl methyl sites for hydroxylation is 1. The van der Waals surface area contributed by atoms with Gasteiger partial charge in [-0.15, -0.1) is 11.3 Å². The van der Waals surface area contributed by atoms with Gasteiger partial charge in [-0.25, -0.2) is 0 Å². The number of benzene rings is 2. The number of hydrogen-bond acceptors (Lipinski definition) is 3. The monoisotopic (exact) mass is 363 g/mol. The topological polar surface area (TPSA) is 37.4 Å². The van der Waals surface area contributed by atoms with Gasteiger partial charge in [0, 0.05) is 23.4 Å². The molecule has 3 aromatic rings. The molecule has 1 amide bonds. The fraction of sp³-hybridized carbons (Fsp3) is 0.182. The second-order valence-electron chi connectivity index (χ2n) is 6.13. The first-order valence-electron chi connectivity index (χ1n) is 8.62. The summed E-state index contributed by atoms with van der Waals surface area (Å²) in [6.07, 6.45) is 0.439. The van der Waals surface area contributed by atoms with Crippen LogP contribution in [0.5, 0.6) is 0 Å². The summed E-state index contributed by atoms with van der Waals surface area (Å²) in [4.78, 5) is 28.8. The molecule has 132 valence electrons. The summed E-state index contributed by atoms with van der Waals surface area (Å²) >= 11 is 1.48. The van der Waals surface area contributed by atoms with E-state index in [1.807, 2.05) is 79.7 Å². The molecule has 0 atom stereocenters. The number of para-hydroxylation sites is 1. The molecule has 1 heterocycles. The highest BCUT2D eigenvalue weighted by Crippen LogP contribution is 2.21. The Labute approximate surface area is 157 Å². The van der Waals surface area contributed by atoms with Crippen molar-refractivity contribution in [2.24, 2.45) is 0 Å². The quantitative estimate of drug-likeness (QED) is 0.538. The molecule has 0 saturated carbocycles. The first-order chi connectivity index (χ1) is 12.6. The predicted octanol–water partition coefficient (Wildman–Crippen LogP) is 5.25. The molecule has 0 fully saturated rings. The molecule has 0 aliphatic carbocycles. The summed E-state index contributed by atoms with van der Waals surface area (Å²) in [6, 6.07) is 23.3. The van der Waals surface area contributed by atoms with Crippen molar-refractivity contribution < 1.29 is 9.59 Å². The van der Waals surface area contributed by atoms with Gasteiger partial charge in [0.25, 0.3) is 0 Å². The molecule has 0 N–H and O–H groups in total. The molecule has 3 rings (SSSR count). The van der Waals surface area contributed by atoms with Crippen LogP contribution in [0, 0.1) is 6.92 Å². The van der Waals surface area contributed by atoms with Crippen molar-refractivity contribution in [3.05, 3.63) is 88.1 Å². The van der Waals surface area contributed by atoms with Crippen molar-refractivity contribution in [3.63, 3.8) is 0 Å². The maximum atomic E-state index is 12.9. The number of hydrogen-bond donors (Lipinski definition) is 0. The third-order valence-corrected chi connectivity index (χ3v) is 5.18. The SMILES string of the molecule is Cc1ccc(C(=O)CCC(=O)N(Cc2ccccc2)c2ccccc2)s1. The zero-order valence-corrected chi connectivity index (χ0v) is 15.5. The summed E-state index contributed by atoms with van der Waals surface area (Å²) in [7, 11) is 0. The van der Waals surface area contributed by atoms with Gasteiger partial charge in [-0.3, -0.25) is 9.59 Å². The van der Waals surface area contributed by atoms with Crippen molar-refractivity contribution in [2.45, 2.75) is 26.3 Å². The van der Waals surface area contributed by atoms with E-state index in [2.05, 4.69) is 0 Å². The molecule has 0 aliphatic heterocycles. The Morgan fingerprint density at radius 2 is 1.50 bits per heavy atom. The van der Waals surface area contributed by atoms with Crippen LogP contribution in [-0.2, 0) is 11.3 Å². The summed E-state index contributed by atoms with van der Waals surface area (Å²) < 4.78 is 0. The molecule has 0 saturated heterocycles. The van der Waals surface area contributed by atoms with E-state index >= 15 is 0 Å². The van der Waals surface area contributed by atoms with Gasteiger partial charge in [-0.2, -0.15) is 0 Å². The van der Waals surface area contributed by atoms with Crippen LogP contribution in [-0.4, -0.2) is 11.7 Å². The predicted molar refractivity (Wildman–Crippen MR) is 107 cm³/mol. The fourth-order valence-electron chi connectivity index (χ4n) is 2.76. The number of carbonyl (C=O) groups excluding carboxylic acids is 2. The van der Waals surface area contributed by atoms with Crippen molar-refractivity contribution in [3.8, 4) is 0 Å². The lowest BCUT2D eigenvalue weighted by atomic mass is 10.1. The second kappa shape index (κ2) is 8.59. The molecule has 0 unspecified atom stereocenters. The van der Waals surface area contributed by atoms with E-state index in [9.17, 15) is 9.59 Å². The Balaban J connectivity index is 1.71. The van der Waals surface area contributed by atoms with Gasteiger partial charge in [0.05, 0.1) is 11.4 Å². The molecule has 0 aliphatic rings. The number of thiophene rings is 1. The van der Waals surface area contributed by atoms with Crippen LogP contribution in [0.15, 0.2) is 72.8 Å². The van der Waals surface area contributed by atoms with E-state index in [0.717, 1.165) is 21.0 Å². The highest BCUT2D eigenvalue weighted by molar-refractivity contribution is 7.14. The average molecular weight is 363 g/mol. The van der Waals surface area contributed by atoms with Gasteiger partial charge in [0.2, 0.25) is 5.91 Å². The van der Waals surface area contributed by atoms with Gasteiger partial charge in [0.1, 0.15) is 0 Å². The second-order valence-corrected chi connectivity index (χ2v) is 7.42. The lowest BCUT2D eigenvalue weighted by Gasteiger charge is -2.23. The molecule has 1 aromatic heterocycles. The Bertz CT molecular complexity index is 871. The molecule has 0 bridgehead atoms. The van der Waals surface area contributed by atoms with Crippen LogP contribution in [0.3, 0.4) is 0 Å². The minimum atomic E-state index is -0.0401. The number of ketones is 1. The van der Waals surface area contributed by atoms with E-state index in [4.69, 9.17) is 0 Å². The van der Waals surface area contributed by atoms with E-state index in [1.165, 1.54) is 11.3 Å². The van der Waals surface area contributed by atoms with Gasteiger partial charge >= 0.3 is 0 Å². The first-order valence-corrected chi connectivity index (χ1v) is 9.44. The number of Topliss-reactive ketones (excluding diaryl/α,β-unsaturated/α-hetero) is 1. The molecule has 0 spiro atoms. The minimum absolute atomic E-state index is 0.0316. The smallest absolute Gasteiger partial charge is 0.227 e. The third kappa shape index (κ3) is 4.67. The third-order valence-electron chi connectivity index (χ3n) is 4.13. The van der Waals surface area contributed by atoms with Crippen LogP contribution >= 0.6 is 11.3 Å². The Morgan fingerprint density at radius 1 is 0.846 bits per heavy atom. The lowest BCUT2D eigenvalue weighted by molar-refractivity contribution is -0.118. The zero-order valence-electron chi connectivity index (χ0n) is 14.7. The Kier molecular flexibility index (Phi) is 5.97. The van der Waals surface area contributed by atoms with Crippen LogP contribution in [0.2, 0.25) is 0 Å². The molecule has 3 nitrogen and oxygen atoms in total. The van der Waals surface area contributed by atoms with Crippen molar-refractivity contribution in [1.82, 2.24) is 0 Å². The average Bonchev–Trinajstić information content (AvgIpc) is 3.12. The number of nitrogens with zero attached hydrogens (tertiary/aromatic N) is 1. The molecule has 2 aromatic carbocycles. The van der Waals surface area contributed by atoms with Crippen molar-refractivity contribution in [1.29, 1.82) is 0 Å². The highest BCUT2D eigenvalue weighted by Gasteiger charge is 2.18. The van der Waals surface area contributed by atoms with Gasteiger partial charge in [0.15, 0.2) is 5.78 Å². The van der Waals surface area contributed by atoms with E-state index in [-0.39, 0.29) is 24.5 Å². The van der Waals surface area contributed by atoms with Crippen molar-refractivity contribution in [2.75, 3.05) is 4.90 Å². The molecule has 26 heavy (non-hydrogen) atoms. The van der Waals surface area contributed by atoms with Gasteiger partial charge in [-0.05, 0) is 36.8 Å².